The predicted octanol–water partition coefficient (Wildman–Crippen LogP) is 3.87. The number of hydrogen-bond donors (Lipinski definition) is 1. The number of nitrogens with zero attached hydrogens (tertiary/aromatic N) is 1. The Hall–Kier alpha value is -2.44. The molecule has 1 N–H and O–H groups in total. The molecule has 2 rings (SSSR count). The highest BCUT2D eigenvalue weighted by Crippen LogP contribution is 2.19. The summed E-state index contributed by atoms with van der Waals surface area (Å²) in [4.78, 5) is 25.6. The molecule has 144 valence electrons. The normalized spacial score (nSPS) is 10.7. The highest BCUT2D eigenvalue weighted by atomic mass is 35.5. The summed E-state index contributed by atoms with van der Waals surface area (Å²) < 4.78 is 18.5. The molecule has 0 fully saturated rings. The standard InChI is InChI=1S/C20H22ClFN2O3/c1-27-20(26)10-12-24(14-15-5-3-2-4-6-15)11-9-19(25)23-18-8-7-16(21)13-17(18)22/h2-8,13H,9-12,14H2,1H3,(H,23,25). The van der Waals surface area contributed by atoms with Gasteiger partial charge >= 0.3 is 5.97 Å². The van der Waals surface area contributed by atoms with Gasteiger partial charge in [-0.1, -0.05) is 41.9 Å². The van der Waals surface area contributed by atoms with E-state index in [0.717, 1.165) is 11.6 Å². The summed E-state index contributed by atoms with van der Waals surface area (Å²) >= 11 is 5.71. The van der Waals surface area contributed by atoms with Crippen molar-refractivity contribution in [1.29, 1.82) is 0 Å². The number of halogens is 2. The number of nitrogens with one attached hydrogen (secondary N) is 1. The zero-order valence-corrected chi connectivity index (χ0v) is 15.8. The first kappa shape index (κ1) is 20.9. The van der Waals surface area contributed by atoms with Crippen LogP contribution in [0.5, 0.6) is 0 Å². The van der Waals surface area contributed by atoms with Gasteiger partial charge in [-0.15, -0.1) is 0 Å². The second-order valence-corrected chi connectivity index (χ2v) is 6.45. The number of anilines is 1. The van der Waals surface area contributed by atoms with Crippen LogP contribution in [0, 0.1) is 5.82 Å². The molecule has 27 heavy (non-hydrogen) atoms. The van der Waals surface area contributed by atoms with E-state index < -0.39 is 5.82 Å². The highest BCUT2D eigenvalue weighted by molar-refractivity contribution is 6.30. The summed E-state index contributed by atoms with van der Waals surface area (Å²) in [6.45, 7) is 1.48. The summed E-state index contributed by atoms with van der Waals surface area (Å²) in [5.74, 6) is -1.20. The quantitative estimate of drug-likeness (QED) is 0.658. The van der Waals surface area contributed by atoms with Crippen molar-refractivity contribution in [1.82, 2.24) is 4.90 Å². The molecule has 0 unspecified atom stereocenters. The van der Waals surface area contributed by atoms with E-state index in [1.54, 1.807) is 0 Å². The van der Waals surface area contributed by atoms with Crippen LogP contribution in [0.3, 0.4) is 0 Å². The Balaban J connectivity index is 1.92. The topological polar surface area (TPSA) is 58.6 Å². The monoisotopic (exact) mass is 392 g/mol. The van der Waals surface area contributed by atoms with Crippen LogP contribution >= 0.6 is 11.6 Å². The first-order chi connectivity index (χ1) is 13.0. The van der Waals surface area contributed by atoms with Gasteiger partial charge in [0, 0.05) is 31.1 Å². The maximum absolute atomic E-state index is 13.8. The smallest absolute Gasteiger partial charge is 0.306 e. The average molecular weight is 393 g/mol. The van der Waals surface area contributed by atoms with Gasteiger partial charge in [-0.05, 0) is 23.8 Å². The van der Waals surface area contributed by atoms with Crippen molar-refractivity contribution in [2.24, 2.45) is 0 Å². The van der Waals surface area contributed by atoms with Crippen LogP contribution in [0.2, 0.25) is 5.02 Å². The third-order valence-electron chi connectivity index (χ3n) is 3.97. The molecule has 0 heterocycles. The third-order valence-corrected chi connectivity index (χ3v) is 4.20. The molecule has 7 heteroatoms. The van der Waals surface area contributed by atoms with Crippen molar-refractivity contribution >= 4 is 29.2 Å². The molecule has 0 saturated heterocycles. The second-order valence-electron chi connectivity index (χ2n) is 6.01. The number of carbonyl (C=O) groups is 2. The van der Waals surface area contributed by atoms with Crippen LogP contribution < -0.4 is 5.32 Å². The van der Waals surface area contributed by atoms with Gasteiger partial charge in [0.25, 0.3) is 0 Å². The summed E-state index contributed by atoms with van der Waals surface area (Å²) in [5.41, 5.74) is 1.17. The van der Waals surface area contributed by atoms with Crippen molar-refractivity contribution in [2.75, 3.05) is 25.5 Å². The molecular weight excluding hydrogens is 371 g/mol. The molecule has 2 aromatic rings. The predicted molar refractivity (Wildman–Crippen MR) is 103 cm³/mol. The van der Waals surface area contributed by atoms with Crippen LogP contribution in [0.1, 0.15) is 18.4 Å². The minimum absolute atomic E-state index is 0.0913. The van der Waals surface area contributed by atoms with Crippen LogP contribution in [0.15, 0.2) is 48.5 Å². The lowest BCUT2D eigenvalue weighted by atomic mass is 10.2. The lowest BCUT2D eigenvalue weighted by Crippen LogP contribution is -2.30. The number of hydrogen-bond acceptors (Lipinski definition) is 4. The molecule has 0 aliphatic carbocycles. The molecule has 0 radical (unpaired) electrons. The highest BCUT2D eigenvalue weighted by Gasteiger charge is 2.13. The van der Waals surface area contributed by atoms with Crippen LogP contribution in [0.25, 0.3) is 0 Å². The average Bonchev–Trinajstić information content (AvgIpc) is 2.66. The number of carbonyl (C=O) groups excluding carboxylic acids is 2. The fourth-order valence-corrected chi connectivity index (χ4v) is 2.69. The summed E-state index contributed by atoms with van der Waals surface area (Å²) in [6, 6.07) is 13.8. The molecule has 1 amide bonds. The first-order valence-corrected chi connectivity index (χ1v) is 8.93. The molecule has 0 atom stereocenters. The lowest BCUT2D eigenvalue weighted by molar-refractivity contribution is -0.141. The Morgan fingerprint density at radius 1 is 1.11 bits per heavy atom. The van der Waals surface area contributed by atoms with E-state index in [2.05, 4.69) is 10.1 Å². The largest absolute Gasteiger partial charge is 0.469 e. The fourth-order valence-electron chi connectivity index (χ4n) is 2.53. The van der Waals surface area contributed by atoms with E-state index in [4.69, 9.17) is 11.6 Å². The molecule has 0 saturated carbocycles. The molecule has 0 bridgehead atoms. The van der Waals surface area contributed by atoms with Gasteiger partial charge in [0.2, 0.25) is 5.91 Å². The maximum Gasteiger partial charge on any atom is 0.306 e. The SMILES string of the molecule is COC(=O)CCN(CCC(=O)Nc1ccc(Cl)cc1F)Cc1ccccc1. The van der Waals surface area contributed by atoms with Crippen LogP contribution in [-0.2, 0) is 20.9 Å². The van der Waals surface area contributed by atoms with E-state index >= 15 is 0 Å². The minimum atomic E-state index is -0.581. The Labute approximate surface area is 163 Å². The van der Waals surface area contributed by atoms with E-state index in [0.29, 0.717) is 19.6 Å². The number of esters is 1. The molecule has 5 nitrogen and oxygen atoms in total. The fraction of sp³-hybridized carbons (Fsp3) is 0.300. The van der Waals surface area contributed by atoms with Crippen molar-refractivity contribution in [3.05, 3.63) is 64.9 Å². The Morgan fingerprint density at radius 2 is 1.81 bits per heavy atom. The summed E-state index contributed by atoms with van der Waals surface area (Å²) in [5, 5.41) is 2.81. The second kappa shape index (κ2) is 10.6. The maximum atomic E-state index is 13.8. The van der Waals surface area contributed by atoms with Crippen molar-refractivity contribution in [3.63, 3.8) is 0 Å². The number of rotatable bonds is 9. The van der Waals surface area contributed by atoms with Gasteiger partial charge in [0.15, 0.2) is 0 Å². The van der Waals surface area contributed by atoms with Gasteiger partial charge < -0.3 is 10.1 Å². The van der Waals surface area contributed by atoms with Gasteiger partial charge in [-0.2, -0.15) is 0 Å². The molecule has 0 aromatic heterocycles. The van der Waals surface area contributed by atoms with E-state index in [-0.39, 0.29) is 35.4 Å². The summed E-state index contributed by atoms with van der Waals surface area (Å²) in [7, 11) is 1.35. The first-order valence-electron chi connectivity index (χ1n) is 8.56. The molecular formula is C20H22ClFN2O3. The minimum Gasteiger partial charge on any atom is -0.469 e. The Kier molecular flexibility index (Phi) is 8.23. The van der Waals surface area contributed by atoms with Crippen molar-refractivity contribution < 1.29 is 18.7 Å². The molecule has 2 aromatic carbocycles. The van der Waals surface area contributed by atoms with Crippen LogP contribution in [0.4, 0.5) is 10.1 Å². The number of methoxy groups -OCH3 is 1. The third kappa shape index (κ3) is 7.37. The zero-order valence-electron chi connectivity index (χ0n) is 15.1. The number of amides is 1. The van der Waals surface area contributed by atoms with Crippen LogP contribution in [-0.4, -0.2) is 37.0 Å². The van der Waals surface area contributed by atoms with Gasteiger partial charge in [0.05, 0.1) is 19.2 Å². The van der Waals surface area contributed by atoms with Gasteiger partial charge in [-0.3, -0.25) is 14.5 Å². The Morgan fingerprint density at radius 3 is 2.48 bits per heavy atom. The van der Waals surface area contributed by atoms with E-state index in [9.17, 15) is 14.0 Å². The zero-order chi connectivity index (χ0) is 19.6. The van der Waals surface area contributed by atoms with Gasteiger partial charge in [0.1, 0.15) is 5.82 Å². The number of ether oxygens (including phenoxy) is 1. The summed E-state index contributed by atoms with van der Waals surface area (Å²) in [6.07, 6.45) is 0.396. The Bertz CT molecular complexity index is 771. The van der Waals surface area contributed by atoms with E-state index in [1.165, 1.54) is 19.2 Å². The molecule has 0 aliphatic rings. The van der Waals surface area contributed by atoms with Crippen molar-refractivity contribution in [3.8, 4) is 0 Å². The lowest BCUT2D eigenvalue weighted by Gasteiger charge is -2.21. The molecule has 0 aliphatic heterocycles. The van der Waals surface area contributed by atoms with E-state index in [1.807, 2.05) is 35.2 Å². The van der Waals surface area contributed by atoms with Crippen molar-refractivity contribution in [2.45, 2.75) is 19.4 Å². The van der Waals surface area contributed by atoms with Gasteiger partial charge in [-0.25, -0.2) is 4.39 Å². The molecule has 0 spiro atoms. The number of benzene rings is 2.